The molecule has 1 aromatic rings. The molecule has 1 rings (SSSR count). The Morgan fingerprint density at radius 2 is 2.29 bits per heavy atom. The van der Waals surface area contributed by atoms with Gasteiger partial charge < -0.3 is 10.2 Å². The van der Waals surface area contributed by atoms with Crippen molar-refractivity contribution < 1.29 is 4.74 Å². The number of rotatable bonds is 5. The smallest absolute Gasteiger partial charge is 0.137 e. The van der Waals surface area contributed by atoms with Gasteiger partial charge in [-0.1, -0.05) is 19.1 Å². The van der Waals surface area contributed by atoms with Crippen LogP contribution in [0.3, 0.4) is 0 Å². The minimum absolute atomic E-state index is 0.496. The Labute approximate surface area is 107 Å². The van der Waals surface area contributed by atoms with E-state index in [4.69, 9.17) is 22.2 Å². The van der Waals surface area contributed by atoms with Gasteiger partial charge in [0.1, 0.15) is 16.8 Å². The fraction of sp³-hybridized carbons (Fsp3) is 0.333. The molecular weight excluding hydrogens is 234 g/mol. The predicted octanol–water partition coefficient (Wildman–Crippen LogP) is 1.75. The molecule has 90 valence electrons. The normalized spacial score (nSPS) is 9.47. The topological polar surface area (TPSA) is 57.1 Å². The lowest BCUT2D eigenvalue weighted by Gasteiger charge is -2.10. The molecule has 0 unspecified atom stereocenters. The van der Waals surface area contributed by atoms with Crippen molar-refractivity contribution in [3.63, 3.8) is 0 Å². The molecule has 0 heterocycles. The van der Waals surface area contributed by atoms with Crippen LogP contribution < -0.4 is 15.6 Å². The Balaban J connectivity index is 2.93. The van der Waals surface area contributed by atoms with Gasteiger partial charge in [-0.25, -0.2) is 5.43 Å². The van der Waals surface area contributed by atoms with Crippen LogP contribution in [0.1, 0.15) is 24.5 Å². The maximum atomic E-state index is 9.04. The van der Waals surface area contributed by atoms with Gasteiger partial charge in [0.25, 0.3) is 0 Å². The second-order valence-electron chi connectivity index (χ2n) is 3.38. The van der Waals surface area contributed by atoms with Crippen LogP contribution in [-0.4, -0.2) is 18.6 Å². The zero-order valence-electron chi connectivity index (χ0n) is 9.91. The first-order valence-corrected chi connectivity index (χ1v) is 5.77. The van der Waals surface area contributed by atoms with Gasteiger partial charge in [-0.15, -0.1) is 0 Å². The van der Waals surface area contributed by atoms with Crippen molar-refractivity contribution in [2.24, 2.45) is 0 Å². The van der Waals surface area contributed by atoms with Crippen LogP contribution in [0, 0.1) is 11.3 Å². The highest BCUT2D eigenvalue weighted by atomic mass is 32.1. The fourth-order valence-electron chi connectivity index (χ4n) is 1.28. The second-order valence-corrected chi connectivity index (χ2v) is 3.78. The molecule has 2 N–H and O–H groups in total. The van der Waals surface area contributed by atoms with E-state index in [0.717, 1.165) is 12.0 Å². The van der Waals surface area contributed by atoms with Crippen LogP contribution in [-0.2, 0) is 0 Å². The Morgan fingerprint density at radius 3 is 2.88 bits per heavy atom. The van der Waals surface area contributed by atoms with E-state index in [0.29, 0.717) is 22.9 Å². The average molecular weight is 249 g/mol. The number of thiocarbonyl (C=S) groups is 1. The largest absolute Gasteiger partial charge is 0.492 e. The van der Waals surface area contributed by atoms with Crippen LogP contribution >= 0.6 is 12.2 Å². The van der Waals surface area contributed by atoms with Gasteiger partial charge in [0.05, 0.1) is 12.2 Å². The molecule has 17 heavy (non-hydrogen) atoms. The molecule has 0 aromatic heterocycles. The number of ether oxygens (including phenoxy) is 1. The summed E-state index contributed by atoms with van der Waals surface area (Å²) in [5.41, 5.74) is 6.84. The van der Waals surface area contributed by atoms with Crippen molar-refractivity contribution in [1.29, 1.82) is 5.26 Å². The average Bonchev–Trinajstić information content (AvgIpc) is 2.36. The van der Waals surface area contributed by atoms with Crippen molar-refractivity contribution in [2.75, 3.05) is 13.7 Å². The summed E-state index contributed by atoms with van der Waals surface area (Å²) < 4.78 is 5.47. The van der Waals surface area contributed by atoms with Crippen molar-refractivity contribution in [2.45, 2.75) is 13.3 Å². The fourth-order valence-corrected chi connectivity index (χ4v) is 1.51. The van der Waals surface area contributed by atoms with E-state index in [9.17, 15) is 0 Å². The Morgan fingerprint density at radius 1 is 1.53 bits per heavy atom. The maximum absolute atomic E-state index is 9.04. The summed E-state index contributed by atoms with van der Waals surface area (Å²) in [5, 5.41) is 9.04. The molecule has 0 saturated carbocycles. The van der Waals surface area contributed by atoms with Crippen LogP contribution in [0.4, 0.5) is 0 Å². The summed E-state index contributed by atoms with van der Waals surface area (Å²) in [4.78, 5) is 0.547. The quantitative estimate of drug-likeness (QED) is 0.615. The van der Waals surface area contributed by atoms with E-state index >= 15 is 0 Å². The summed E-state index contributed by atoms with van der Waals surface area (Å²) >= 11 is 5.13. The van der Waals surface area contributed by atoms with Gasteiger partial charge >= 0.3 is 0 Å². The zero-order valence-corrected chi connectivity index (χ0v) is 10.7. The molecule has 0 bridgehead atoms. The summed E-state index contributed by atoms with van der Waals surface area (Å²) in [6, 6.07) is 7.43. The standard InChI is InChI=1S/C12H15N3OS/c1-3-6-16-11-5-4-9(7-10(11)8-13)12(17)15-14-2/h4-5,7,14H,3,6H2,1-2H3,(H,15,17). The molecule has 0 aliphatic heterocycles. The molecule has 0 saturated heterocycles. The summed E-state index contributed by atoms with van der Waals surface area (Å²) in [7, 11) is 1.73. The molecule has 0 aliphatic rings. The second kappa shape index (κ2) is 6.84. The van der Waals surface area contributed by atoms with E-state index in [2.05, 4.69) is 16.9 Å². The zero-order chi connectivity index (χ0) is 12.7. The van der Waals surface area contributed by atoms with Gasteiger partial charge in [-0.3, -0.25) is 0 Å². The van der Waals surface area contributed by atoms with Gasteiger partial charge in [0, 0.05) is 12.6 Å². The van der Waals surface area contributed by atoms with E-state index in [1.54, 1.807) is 19.2 Å². The molecule has 0 amide bonds. The van der Waals surface area contributed by atoms with E-state index < -0.39 is 0 Å². The summed E-state index contributed by atoms with van der Waals surface area (Å²) in [5.74, 6) is 0.602. The number of nitriles is 1. The van der Waals surface area contributed by atoms with Gasteiger partial charge in [0.2, 0.25) is 0 Å². The Hall–Kier alpha value is -1.64. The number of nitrogens with zero attached hydrogens (tertiary/aromatic N) is 1. The highest BCUT2D eigenvalue weighted by Crippen LogP contribution is 2.19. The Bertz CT molecular complexity index is 440. The molecule has 5 heteroatoms. The molecule has 1 aromatic carbocycles. The highest BCUT2D eigenvalue weighted by molar-refractivity contribution is 7.80. The van der Waals surface area contributed by atoms with Crippen molar-refractivity contribution in [3.05, 3.63) is 29.3 Å². The molecule has 0 spiro atoms. The van der Waals surface area contributed by atoms with Crippen molar-refractivity contribution in [1.82, 2.24) is 10.9 Å². The van der Waals surface area contributed by atoms with Crippen molar-refractivity contribution >= 4 is 17.2 Å². The molecule has 0 radical (unpaired) electrons. The SMILES string of the molecule is CCCOc1ccc(C(=S)NNC)cc1C#N. The maximum Gasteiger partial charge on any atom is 0.137 e. The van der Waals surface area contributed by atoms with Gasteiger partial charge in [0.15, 0.2) is 0 Å². The van der Waals surface area contributed by atoms with Gasteiger partial charge in [-0.05, 0) is 24.6 Å². The minimum atomic E-state index is 0.496. The van der Waals surface area contributed by atoms with Gasteiger partial charge in [-0.2, -0.15) is 5.26 Å². The van der Waals surface area contributed by atoms with E-state index in [-0.39, 0.29) is 0 Å². The first kappa shape index (κ1) is 13.4. The predicted molar refractivity (Wildman–Crippen MR) is 70.8 cm³/mol. The molecule has 0 aliphatic carbocycles. The van der Waals surface area contributed by atoms with Crippen LogP contribution in [0.15, 0.2) is 18.2 Å². The number of hydrogen-bond donors (Lipinski definition) is 2. The first-order valence-electron chi connectivity index (χ1n) is 5.37. The van der Waals surface area contributed by atoms with Crippen molar-refractivity contribution in [3.8, 4) is 11.8 Å². The first-order chi connectivity index (χ1) is 8.22. The number of nitrogens with one attached hydrogen (secondary N) is 2. The summed E-state index contributed by atoms with van der Waals surface area (Å²) in [6.45, 7) is 2.62. The highest BCUT2D eigenvalue weighted by Gasteiger charge is 2.07. The third kappa shape index (κ3) is 3.70. The molecule has 4 nitrogen and oxygen atoms in total. The van der Waals surface area contributed by atoms with Crippen LogP contribution in [0.5, 0.6) is 5.75 Å². The summed E-state index contributed by atoms with van der Waals surface area (Å²) in [6.07, 6.45) is 0.909. The monoisotopic (exact) mass is 249 g/mol. The number of hydrazine groups is 1. The lowest BCUT2D eigenvalue weighted by Crippen LogP contribution is -2.33. The lowest BCUT2D eigenvalue weighted by molar-refractivity contribution is 0.316. The third-order valence-electron chi connectivity index (χ3n) is 2.06. The number of hydrogen-bond acceptors (Lipinski definition) is 4. The molecule has 0 atom stereocenters. The number of benzene rings is 1. The molecular formula is C12H15N3OS. The van der Waals surface area contributed by atoms with Crippen LogP contribution in [0.25, 0.3) is 0 Å². The molecule has 0 fully saturated rings. The third-order valence-corrected chi connectivity index (χ3v) is 2.40. The Kier molecular flexibility index (Phi) is 5.40. The lowest BCUT2D eigenvalue weighted by atomic mass is 10.1. The minimum Gasteiger partial charge on any atom is -0.492 e. The van der Waals surface area contributed by atoms with E-state index in [1.165, 1.54) is 0 Å². The van der Waals surface area contributed by atoms with E-state index in [1.807, 2.05) is 13.0 Å². The van der Waals surface area contributed by atoms with Crippen LogP contribution in [0.2, 0.25) is 0 Å².